The molecule has 8 nitrogen and oxygen atoms in total. The molecule has 3 aromatic carbocycles. The standard InChI is InChI=1S/C18H23N3.C18H22N2O.C18H20N2.2CH4/c19-16(13-6-2-1-3-7-13)10-17-14-8-4-5-9-15(14)18-11-20-12-21(17)18;21-18(13-6-2-1-3-7-13)10-16-14-8-4-5-9-15(14)17-11-19-12-20(16)17;1-2-6-14(7-3-1)10-11-17-15-8-4-5-9-16(15)18-12-19-13-20(17)18;;/h4-5,8-9,11-13,16-17H,1-3,6-7,10,19H2;4-5,8-9,11-13,16,18,21H,1-3,6-7,10H2;4-5,8-14,17H,1-3,6-7H2;2*1H4/b;;11-10+;;. The summed E-state index contributed by atoms with van der Waals surface area (Å²) >= 11 is 0. The first-order valence-corrected chi connectivity index (χ1v) is 24.1. The van der Waals surface area contributed by atoms with Crippen LogP contribution in [0.4, 0.5) is 0 Å². The predicted molar refractivity (Wildman–Crippen MR) is 263 cm³/mol. The van der Waals surface area contributed by atoms with Crippen LogP contribution in [0.2, 0.25) is 0 Å². The van der Waals surface area contributed by atoms with Crippen LogP contribution in [0.25, 0.3) is 33.8 Å². The van der Waals surface area contributed by atoms with E-state index in [1.54, 1.807) is 0 Å². The molecule has 0 spiro atoms. The third-order valence-electron chi connectivity index (χ3n) is 15.3. The van der Waals surface area contributed by atoms with Crippen molar-refractivity contribution in [2.24, 2.45) is 23.5 Å². The Morgan fingerprint density at radius 3 is 1.48 bits per heavy atom. The predicted octanol–water partition coefficient (Wildman–Crippen LogP) is 13.4. The minimum absolute atomic E-state index is 0. The molecule has 3 aromatic heterocycles. The second kappa shape index (κ2) is 20.8. The smallest absolute Gasteiger partial charge is 0.0959 e. The second-order valence-electron chi connectivity index (χ2n) is 19.1. The summed E-state index contributed by atoms with van der Waals surface area (Å²) in [6.07, 6.45) is 38.2. The normalized spacial score (nSPS) is 21.9. The van der Waals surface area contributed by atoms with E-state index in [0.29, 0.717) is 30.0 Å². The van der Waals surface area contributed by atoms with E-state index in [0.717, 1.165) is 18.8 Å². The highest BCUT2D eigenvalue weighted by Crippen LogP contribution is 2.45. The molecule has 3 fully saturated rings. The van der Waals surface area contributed by atoms with Crippen molar-refractivity contribution in [3.05, 3.63) is 139 Å². The van der Waals surface area contributed by atoms with E-state index in [1.807, 2.05) is 37.6 Å². The van der Waals surface area contributed by atoms with Gasteiger partial charge in [0.2, 0.25) is 0 Å². The van der Waals surface area contributed by atoms with Crippen molar-refractivity contribution in [2.75, 3.05) is 0 Å². The lowest BCUT2D eigenvalue weighted by molar-refractivity contribution is 0.0686. The first kappa shape index (κ1) is 45.5. The largest absolute Gasteiger partial charge is 0.393 e. The van der Waals surface area contributed by atoms with Gasteiger partial charge in [-0.1, -0.05) is 158 Å². The summed E-state index contributed by atoms with van der Waals surface area (Å²) < 4.78 is 6.84. The van der Waals surface area contributed by atoms with Gasteiger partial charge in [0.15, 0.2) is 0 Å². The lowest BCUT2D eigenvalue weighted by Crippen LogP contribution is -2.34. The quantitative estimate of drug-likeness (QED) is 0.149. The van der Waals surface area contributed by atoms with Gasteiger partial charge in [-0.05, 0) is 85.8 Å². The fourth-order valence-corrected chi connectivity index (χ4v) is 12.0. The first-order valence-electron chi connectivity index (χ1n) is 24.1. The Balaban J connectivity index is 0.000000129. The number of benzene rings is 3. The summed E-state index contributed by atoms with van der Waals surface area (Å²) in [4.78, 5) is 12.9. The summed E-state index contributed by atoms with van der Waals surface area (Å²) in [5, 5.41) is 10.7. The molecule has 3 saturated carbocycles. The Bertz CT molecular complexity index is 2310. The molecule has 0 saturated heterocycles. The van der Waals surface area contributed by atoms with Crippen molar-refractivity contribution in [1.29, 1.82) is 0 Å². The molecule has 6 aliphatic rings. The van der Waals surface area contributed by atoms with Gasteiger partial charge in [0.1, 0.15) is 0 Å². The van der Waals surface area contributed by atoms with Crippen LogP contribution in [-0.4, -0.2) is 45.9 Å². The SMILES string of the molecule is C.C.C(=C\C1c2ccccc2-c2cncn21)/C1CCCCC1.NC(CC1c2ccccc2-c2cncn21)C1CCCCC1.OC(CC1c2ccccc2-c2cncn21)C1CCCCC1. The molecule has 64 heavy (non-hydrogen) atoms. The number of nitrogens with zero attached hydrogens (tertiary/aromatic N) is 6. The van der Waals surface area contributed by atoms with Gasteiger partial charge in [0.25, 0.3) is 0 Å². The first-order chi connectivity index (χ1) is 30.6. The lowest BCUT2D eigenvalue weighted by atomic mass is 9.81. The summed E-state index contributed by atoms with van der Waals surface area (Å²) in [5.41, 5.74) is 18.4. The highest BCUT2D eigenvalue weighted by Gasteiger charge is 2.34. The number of aliphatic hydroxyl groups is 1. The van der Waals surface area contributed by atoms with Crippen LogP contribution in [0, 0.1) is 17.8 Å². The number of hydrogen-bond donors (Lipinski definition) is 2. The Morgan fingerprint density at radius 1 is 0.516 bits per heavy atom. The topological polar surface area (TPSA) is 99.7 Å². The monoisotopic (exact) mass is 860 g/mol. The van der Waals surface area contributed by atoms with E-state index in [4.69, 9.17) is 5.73 Å². The molecular weight excluding hydrogens is 787 g/mol. The maximum absolute atomic E-state index is 10.7. The number of allylic oxidation sites excluding steroid dienone is 2. The molecule has 5 atom stereocenters. The minimum atomic E-state index is -0.197. The number of nitrogens with two attached hydrogens (primary N) is 1. The summed E-state index contributed by atoms with van der Waals surface area (Å²) in [7, 11) is 0. The minimum Gasteiger partial charge on any atom is -0.393 e. The van der Waals surface area contributed by atoms with Crippen LogP contribution in [0.5, 0.6) is 0 Å². The molecule has 0 amide bonds. The molecule has 8 heteroatoms. The Morgan fingerprint density at radius 2 is 0.938 bits per heavy atom. The van der Waals surface area contributed by atoms with Crippen molar-refractivity contribution in [1.82, 2.24) is 28.7 Å². The third-order valence-corrected chi connectivity index (χ3v) is 15.3. The zero-order valence-corrected chi connectivity index (χ0v) is 36.4. The number of imidazole rings is 3. The molecular formula is C56H73N7O. The van der Waals surface area contributed by atoms with Crippen LogP contribution >= 0.6 is 0 Å². The maximum Gasteiger partial charge on any atom is 0.0959 e. The average molecular weight is 860 g/mol. The number of hydrogen-bond acceptors (Lipinski definition) is 5. The summed E-state index contributed by atoms with van der Waals surface area (Å²) in [6.45, 7) is 0. The van der Waals surface area contributed by atoms with Gasteiger partial charge in [0.05, 0.1) is 78.9 Å². The average Bonchev–Trinajstić information content (AvgIpc) is 4.20. The lowest BCUT2D eigenvalue weighted by Gasteiger charge is -2.30. The van der Waals surface area contributed by atoms with E-state index in [1.165, 1.54) is 147 Å². The van der Waals surface area contributed by atoms with Crippen LogP contribution in [0.15, 0.2) is 123 Å². The zero-order valence-electron chi connectivity index (χ0n) is 36.4. The summed E-state index contributed by atoms with van der Waals surface area (Å²) in [6, 6.07) is 27.2. The van der Waals surface area contributed by atoms with E-state index in [-0.39, 0.29) is 27.0 Å². The molecule has 3 aliphatic heterocycles. The Kier molecular flexibility index (Phi) is 14.8. The van der Waals surface area contributed by atoms with Crippen molar-refractivity contribution < 1.29 is 5.11 Å². The van der Waals surface area contributed by atoms with Crippen molar-refractivity contribution in [2.45, 2.75) is 154 Å². The van der Waals surface area contributed by atoms with Crippen LogP contribution < -0.4 is 5.73 Å². The van der Waals surface area contributed by atoms with Gasteiger partial charge in [-0.15, -0.1) is 0 Å². The molecule has 3 N–H and O–H groups in total. The van der Waals surface area contributed by atoms with E-state index < -0.39 is 0 Å². The summed E-state index contributed by atoms with van der Waals surface area (Å²) in [5.74, 6) is 1.97. The molecule has 12 rings (SSSR count). The Hall–Kier alpha value is -5.05. The second-order valence-corrected chi connectivity index (χ2v) is 19.1. The van der Waals surface area contributed by atoms with Gasteiger partial charge in [0, 0.05) is 22.7 Å². The van der Waals surface area contributed by atoms with Gasteiger partial charge in [-0.3, -0.25) is 0 Å². The van der Waals surface area contributed by atoms with Crippen LogP contribution in [0.1, 0.15) is 159 Å². The van der Waals surface area contributed by atoms with Gasteiger partial charge >= 0.3 is 0 Å². The van der Waals surface area contributed by atoms with Crippen LogP contribution in [0.3, 0.4) is 0 Å². The Labute approximate surface area is 383 Å². The fourth-order valence-electron chi connectivity index (χ4n) is 12.0. The molecule has 6 aromatic rings. The van der Waals surface area contributed by atoms with E-state index in [2.05, 4.69) is 114 Å². The zero-order chi connectivity index (χ0) is 41.8. The molecule has 338 valence electrons. The molecule has 0 radical (unpaired) electrons. The van der Waals surface area contributed by atoms with Crippen molar-refractivity contribution in [3.63, 3.8) is 0 Å². The third kappa shape index (κ3) is 9.23. The molecule has 0 bridgehead atoms. The van der Waals surface area contributed by atoms with E-state index >= 15 is 0 Å². The highest BCUT2D eigenvalue weighted by molar-refractivity contribution is 5.71. The fraction of sp³-hybridized carbons (Fsp3) is 0.482. The van der Waals surface area contributed by atoms with Gasteiger partial charge < -0.3 is 24.5 Å². The highest BCUT2D eigenvalue weighted by atomic mass is 16.3. The van der Waals surface area contributed by atoms with Crippen molar-refractivity contribution in [3.8, 4) is 33.8 Å². The van der Waals surface area contributed by atoms with Crippen LogP contribution in [-0.2, 0) is 0 Å². The van der Waals surface area contributed by atoms with E-state index in [9.17, 15) is 5.11 Å². The number of rotatable bonds is 8. The van der Waals surface area contributed by atoms with Crippen molar-refractivity contribution >= 4 is 0 Å². The molecule has 5 unspecified atom stereocenters. The number of aromatic nitrogens is 6. The molecule has 6 heterocycles. The molecule has 3 aliphatic carbocycles. The van der Waals surface area contributed by atoms with Gasteiger partial charge in [-0.2, -0.15) is 0 Å². The van der Waals surface area contributed by atoms with Gasteiger partial charge in [-0.25, -0.2) is 15.0 Å². The maximum atomic E-state index is 10.7. The number of fused-ring (bicyclic) bond motifs is 9. The number of aliphatic hydroxyl groups excluding tert-OH is 1.